The normalized spacial score (nSPS) is 11.0. The van der Waals surface area contributed by atoms with E-state index in [-0.39, 0.29) is 40.1 Å². The third-order valence-electron chi connectivity index (χ3n) is 4.46. The summed E-state index contributed by atoms with van der Waals surface area (Å²) in [6.07, 6.45) is 4.01. The van der Waals surface area contributed by atoms with Gasteiger partial charge in [0.2, 0.25) is 0 Å². The molecule has 2 aromatic heterocycles. The number of hydrazone groups is 2. The molecule has 0 aliphatic rings. The van der Waals surface area contributed by atoms with Crippen LogP contribution in [0, 0.1) is 0 Å². The number of carbonyl (C=O) groups excluding carboxylic acids is 3. The van der Waals surface area contributed by atoms with Crippen molar-refractivity contribution in [3.63, 3.8) is 0 Å². The average Bonchev–Trinajstić information content (AvgIpc) is 3.71. The van der Waals surface area contributed by atoms with E-state index in [4.69, 9.17) is 39.2 Å². The molecule has 218 valence electrons. The van der Waals surface area contributed by atoms with Crippen molar-refractivity contribution in [2.24, 2.45) is 10.2 Å². The number of benzene rings is 2. The van der Waals surface area contributed by atoms with E-state index in [2.05, 4.69) is 21.1 Å². The Morgan fingerprint density at radius 3 is 1.33 bits per heavy atom. The maximum atomic E-state index is 11.5. The number of carbonyl (C=O) groups is 3. The maximum Gasteiger partial charge on any atom is 2.00 e. The van der Waals surface area contributed by atoms with Gasteiger partial charge in [-0.3, -0.25) is 14.4 Å². The summed E-state index contributed by atoms with van der Waals surface area (Å²) in [6.45, 7) is 2.85. The minimum absolute atomic E-state index is 0. The summed E-state index contributed by atoms with van der Waals surface area (Å²) in [5, 5.41) is 16.7. The van der Waals surface area contributed by atoms with Gasteiger partial charge in [0.1, 0.15) is 0 Å². The molecule has 2 heterocycles. The maximum absolute atomic E-state index is 11.5. The summed E-state index contributed by atoms with van der Waals surface area (Å²) in [4.78, 5) is 33.0. The van der Waals surface area contributed by atoms with Crippen LogP contribution in [-0.4, -0.2) is 32.8 Å². The molecule has 0 radical (unpaired) electrons. The zero-order chi connectivity index (χ0) is 30.0. The largest absolute Gasteiger partial charge is 2.00 e. The molecule has 3 N–H and O–H groups in total. The van der Waals surface area contributed by atoms with E-state index in [0.29, 0.717) is 10.1 Å². The van der Waals surface area contributed by atoms with Crippen molar-refractivity contribution in [2.45, 2.75) is 13.8 Å². The zero-order valence-corrected chi connectivity index (χ0v) is 25.1. The van der Waals surface area contributed by atoms with Crippen molar-refractivity contribution in [3.8, 4) is 0 Å². The van der Waals surface area contributed by atoms with Gasteiger partial charge in [-0.1, -0.05) is 70.8 Å². The van der Waals surface area contributed by atoms with Gasteiger partial charge in [0.05, 0.1) is 18.3 Å². The fourth-order valence-electron chi connectivity index (χ4n) is 2.71. The molecule has 2 amide bonds. The van der Waals surface area contributed by atoms with Crippen molar-refractivity contribution in [3.05, 3.63) is 132 Å². The third kappa shape index (κ3) is 13.7. The molecule has 10 nitrogen and oxygen atoms in total. The van der Waals surface area contributed by atoms with Gasteiger partial charge in [-0.2, -0.15) is 0 Å². The van der Waals surface area contributed by atoms with Gasteiger partial charge in [-0.25, -0.2) is 21.1 Å². The molecular formula is C29H26FeN4O6S2. The molecule has 42 heavy (non-hydrogen) atoms. The van der Waals surface area contributed by atoms with Crippen LogP contribution >= 0.6 is 0 Å². The minimum Gasteiger partial charge on any atom is -0.758 e. The quantitative estimate of drug-likeness (QED) is 0.0491. The molecule has 13 heteroatoms. The van der Waals surface area contributed by atoms with Crippen LogP contribution < -0.4 is 10.9 Å². The van der Waals surface area contributed by atoms with Crippen LogP contribution in [0.2, 0.25) is 0 Å². The van der Waals surface area contributed by atoms with E-state index in [1.807, 2.05) is 60.7 Å². The Balaban J connectivity index is 0.000000338. The monoisotopic (exact) mass is 646 g/mol. The molecule has 0 aliphatic carbocycles. The van der Waals surface area contributed by atoms with Gasteiger partial charge in [-0.05, 0) is 49.2 Å². The number of hydrogen-bond donors (Lipinski definition) is 3. The minimum atomic E-state index is -0.423. The molecule has 0 aliphatic heterocycles. The van der Waals surface area contributed by atoms with Gasteiger partial charge < -0.3 is 39.2 Å². The van der Waals surface area contributed by atoms with Crippen molar-refractivity contribution in [1.29, 1.82) is 0 Å². The number of rotatable bonds is 7. The summed E-state index contributed by atoms with van der Waals surface area (Å²) in [7, 11) is 0. The summed E-state index contributed by atoms with van der Waals surface area (Å²) in [5.41, 5.74) is 6.23. The number of amides is 2. The molecule has 4 aromatic rings. The molecule has 0 atom stereocenters. The second-order valence-corrected chi connectivity index (χ2v) is 8.57. The number of allylic oxidation sites excluding steroid dienone is 2. The molecule has 0 saturated carbocycles. The number of nitrogens with zero attached hydrogens (tertiary/aromatic N) is 2. The SMILES string of the molecule is CC(=O)/C=C(\C)O.O=C(N/N=C(/[S-])c1ccccc1)c1ccco1.O=C(N/N=C(\[S-])c1ccccc1)c1ccco1.[Fe+2]. The van der Waals surface area contributed by atoms with Crippen LogP contribution in [-0.2, 0) is 47.1 Å². The summed E-state index contributed by atoms with van der Waals surface area (Å²) in [5.74, 6) is -0.511. The van der Waals surface area contributed by atoms with Gasteiger partial charge >= 0.3 is 28.9 Å². The first-order valence-corrected chi connectivity index (χ1v) is 12.6. The number of hydrogen-bond acceptors (Lipinski definition) is 10. The molecule has 0 fully saturated rings. The summed E-state index contributed by atoms with van der Waals surface area (Å²) in [6, 6.07) is 24.8. The predicted octanol–water partition coefficient (Wildman–Crippen LogP) is 4.87. The average molecular weight is 647 g/mol. The second-order valence-electron chi connectivity index (χ2n) is 7.80. The Kier molecular flexibility index (Phi) is 16.5. The van der Waals surface area contributed by atoms with Crippen molar-refractivity contribution in [2.75, 3.05) is 0 Å². The molecule has 0 bridgehead atoms. The molecule has 0 saturated heterocycles. The first-order valence-electron chi connectivity index (χ1n) is 11.8. The Hall–Kier alpha value is -4.55. The van der Waals surface area contributed by atoms with E-state index in [1.165, 1.54) is 32.4 Å². The van der Waals surface area contributed by atoms with Crippen LogP contribution in [0.25, 0.3) is 0 Å². The predicted molar refractivity (Wildman–Crippen MR) is 160 cm³/mol. The number of aliphatic hydroxyl groups excluding tert-OH is 1. The number of ketones is 1. The Morgan fingerprint density at radius 2 is 1.07 bits per heavy atom. The van der Waals surface area contributed by atoms with E-state index >= 15 is 0 Å². The van der Waals surface area contributed by atoms with E-state index in [9.17, 15) is 14.4 Å². The molecule has 2 aromatic carbocycles. The number of aliphatic hydroxyl groups is 1. The Labute approximate surface area is 264 Å². The van der Waals surface area contributed by atoms with E-state index in [1.54, 1.807) is 24.3 Å². The van der Waals surface area contributed by atoms with Gasteiger partial charge in [0.15, 0.2) is 17.3 Å². The fourth-order valence-corrected chi connectivity index (χ4v) is 3.08. The van der Waals surface area contributed by atoms with Gasteiger partial charge in [0, 0.05) is 6.08 Å². The molecule has 4 rings (SSSR count). The Bertz CT molecular complexity index is 1370. The van der Waals surface area contributed by atoms with Gasteiger partial charge in [-0.15, -0.1) is 0 Å². The van der Waals surface area contributed by atoms with Crippen LogP contribution in [0.4, 0.5) is 0 Å². The molecule has 0 spiro atoms. The van der Waals surface area contributed by atoms with Crippen molar-refractivity contribution >= 4 is 52.9 Å². The number of nitrogens with one attached hydrogen (secondary N) is 2. The molecule has 0 unspecified atom stereocenters. The zero-order valence-electron chi connectivity index (χ0n) is 22.4. The van der Waals surface area contributed by atoms with Crippen LogP contribution in [0.3, 0.4) is 0 Å². The summed E-state index contributed by atoms with van der Waals surface area (Å²) >= 11 is 10.1. The molecular weight excluding hydrogens is 620 g/mol. The summed E-state index contributed by atoms with van der Waals surface area (Å²) < 4.78 is 9.84. The van der Waals surface area contributed by atoms with Crippen molar-refractivity contribution < 1.29 is 45.4 Å². The second kappa shape index (κ2) is 19.5. The van der Waals surface area contributed by atoms with Crippen LogP contribution in [0.5, 0.6) is 0 Å². The van der Waals surface area contributed by atoms with E-state index < -0.39 is 11.8 Å². The van der Waals surface area contributed by atoms with Crippen molar-refractivity contribution in [1.82, 2.24) is 10.9 Å². The first-order chi connectivity index (χ1) is 19.7. The topological polar surface area (TPSA) is 146 Å². The number of furan rings is 2. The van der Waals surface area contributed by atoms with Gasteiger partial charge in [0.25, 0.3) is 0 Å². The standard InChI is InChI=1S/2C12H10N2O2S.C5H8O2.Fe/c2*15-11(10-7-4-8-16-10)13-14-12(17)9-5-2-1-3-6-9;1-4(6)3-5(2)7;/h2*1-8H,(H,13,15)(H,14,17);3,6H,1-2H3;/q;;;+2/p-2/b;;4-3+;. The van der Waals surface area contributed by atoms with E-state index in [0.717, 1.165) is 11.1 Å². The fraction of sp³-hybridized carbons (Fsp3) is 0.0690. The smallest absolute Gasteiger partial charge is 0.758 e. The van der Waals surface area contributed by atoms with Crippen LogP contribution in [0.15, 0.2) is 128 Å². The van der Waals surface area contributed by atoms with Crippen LogP contribution in [0.1, 0.15) is 46.1 Å². The Morgan fingerprint density at radius 1 is 0.690 bits per heavy atom. The first kappa shape index (κ1) is 35.5. The third-order valence-corrected chi connectivity index (χ3v) is 5.12.